The number of nitrogens with two attached hydrogens (primary N) is 1. The van der Waals surface area contributed by atoms with Crippen LogP contribution in [0.2, 0.25) is 0 Å². The first-order valence-corrected chi connectivity index (χ1v) is 13.8. The minimum absolute atomic E-state index is 0.320. The Hall–Kier alpha value is -5.44. The lowest BCUT2D eigenvalue weighted by molar-refractivity contribution is 0.304. The molecule has 6 rings (SSSR count). The summed E-state index contributed by atoms with van der Waals surface area (Å²) in [7, 11) is 1.64. The van der Waals surface area contributed by atoms with Gasteiger partial charge in [-0.15, -0.1) is 0 Å². The van der Waals surface area contributed by atoms with Gasteiger partial charge in [0.25, 0.3) is 0 Å². The summed E-state index contributed by atoms with van der Waals surface area (Å²) in [6.45, 7) is 4.72. The first-order valence-electron chi connectivity index (χ1n) is 13.8. The number of nitrogens with one attached hydrogen (secondary N) is 1. The van der Waals surface area contributed by atoms with Crippen LogP contribution in [-0.4, -0.2) is 26.6 Å². The fourth-order valence-electron chi connectivity index (χ4n) is 5.18. The van der Waals surface area contributed by atoms with E-state index >= 15 is 4.39 Å². The zero-order chi connectivity index (χ0) is 29.9. The monoisotopic (exact) mass is 574 g/mol. The molecule has 3 aromatic carbocycles. The van der Waals surface area contributed by atoms with Gasteiger partial charge < -0.3 is 20.5 Å². The molecule has 3 aromatic heterocycles. The Kier molecular flexibility index (Phi) is 7.61. The van der Waals surface area contributed by atoms with Crippen LogP contribution >= 0.6 is 0 Å². The van der Waals surface area contributed by atoms with Crippen LogP contribution in [-0.2, 0) is 13.2 Å². The molecular weight excluding hydrogens is 543 g/mol. The minimum Gasteiger partial charge on any atom is -0.497 e. The summed E-state index contributed by atoms with van der Waals surface area (Å²) in [5, 5.41) is 3.44. The summed E-state index contributed by atoms with van der Waals surface area (Å²) in [6.07, 6.45) is 3.12. The molecule has 0 amide bonds. The van der Waals surface area contributed by atoms with E-state index in [-0.39, 0.29) is 0 Å². The van der Waals surface area contributed by atoms with E-state index in [9.17, 15) is 0 Å². The number of benzene rings is 3. The Labute approximate surface area is 249 Å². The third-order valence-corrected chi connectivity index (χ3v) is 7.33. The number of fused-ring (bicyclic) bond motifs is 1. The van der Waals surface area contributed by atoms with Crippen molar-refractivity contribution in [3.8, 4) is 28.6 Å². The van der Waals surface area contributed by atoms with E-state index in [4.69, 9.17) is 15.2 Å². The van der Waals surface area contributed by atoms with Crippen LogP contribution in [0.5, 0.6) is 11.5 Å². The molecule has 6 aromatic rings. The topological polar surface area (TPSA) is 100 Å². The molecule has 216 valence electrons. The third-order valence-electron chi connectivity index (χ3n) is 7.33. The molecule has 0 saturated heterocycles. The van der Waals surface area contributed by atoms with Crippen molar-refractivity contribution in [3.63, 3.8) is 0 Å². The van der Waals surface area contributed by atoms with Crippen LogP contribution in [0.3, 0.4) is 0 Å². The summed E-state index contributed by atoms with van der Waals surface area (Å²) >= 11 is 0. The maximum absolute atomic E-state index is 16.1. The van der Waals surface area contributed by atoms with Gasteiger partial charge in [0.2, 0.25) is 0 Å². The van der Waals surface area contributed by atoms with Crippen LogP contribution in [0.4, 0.5) is 15.9 Å². The Morgan fingerprint density at radius 2 is 1.65 bits per heavy atom. The van der Waals surface area contributed by atoms with E-state index in [2.05, 4.69) is 20.3 Å². The van der Waals surface area contributed by atoms with Crippen LogP contribution < -0.4 is 20.5 Å². The highest BCUT2D eigenvalue weighted by Crippen LogP contribution is 2.39. The number of nitrogen functional groups attached to an aromatic ring is 1. The van der Waals surface area contributed by atoms with E-state index in [1.807, 2.05) is 79.1 Å². The van der Waals surface area contributed by atoms with E-state index < -0.39 is 5.82 Å². The number of methoxy groups -OCH3 is 1. The zero-order valence-corrected chi connectivity index (χ0v) is 24.1. The van der Waals surface area contributed by atoms with Crippen molar-refractivity contribution in [2.75, 3.05) is 18.2 Å². The van der Waals surface area contributed by atoms with Gasteiger partial charge in [-0.2, -0.15) is 0 Å². The van der Waals surface area contributed by atoms with Crippen molar-refractivity contribution in [2.24, 2.45) is 0 Å². The largest absolute Gasteiger partial charge is 0.497 e. The van der Waals surface area contributed by atoms with E-state index in [1.165, 1.54) is 12.4 Å². The van der Waals surface area contributed by atoms with Crippen molar-refractivity contribution in [1.29, 1.82) is 0 Å². The molecule has 0 fully saturated rings. The smallest absolute Gasteiger partial charge is 0.154 e. The van der Waals surface area contributed by atoms with Crippen molar-refractivity contribution in [1.82, 2.24) is 19.5 Å². The molecule has 0 bridgehead atoms. The van der Waals surface area contributed by atoms with Crippen molar-refractivity contribution in [2.45, 2.75) is 27.0 Å². The lowest BCUT2D eigenvalue weighted by Crippen LogP contribution is -2.07. The first kappa shape index (κ1) is 27.7. The Balaban J connectivity index is 1.47. The number of hydrogen-bond acceptors (Lipinski definition) is 7. The fraction of sp³-hybridized carbons (Fsp3) is 0.147. The molecule has 0 atom stereocenters. The predicted octanol–water partition coefficient (Wildman–Crippen LogP) is 7.02. The fourth-order valence-corrected chi connectivity index (χ4v) is 5.18. The molecular formula is C34H31FN6O2. The predicted molar refractivity (Wildman–Crippen MR) is 167 cm³/mol. The summed E-state index contributed by atoms with van der Waals surface area (Å²) in [6, 6.07) is 24.3. The normalized spacial score (nSPS) is 11.1. The number of aromatic nitrogens is 4. The minimum atomic E-state index is -0.457. The number of hydrogen-bond donors (Lipinski definition) is 2. The van der Waals surface area contributed by atoms with Crippen molar-refractivity contribution in [3.05, 3.63) is 119 Å². The van der Waals surface area contributed by atoms with Crippen molar-refractivity contribution >= 4 is 22.5 Å². The second-order valence-corrected chi connectivity index (χ2v) is 10.3. The van der Waals surface area contributed by atoms with E-state index in [1.54, 1.807) is 25.4 Å². The molecule has 0 radical (unpaired) electrons. The number of anilines is 2. The van der Waals surface area contributed by atoms with E-state index in [0.29, 0.717) is 58.5 Å². The molecule has 8 nitrogen and oxygen atoms in total. The molecule has 0 unspecified atom stereocenters. The Bertz CT molecular complexity index is 1910. The Morgan fingerprint density at radius 3 is 2.37 bits per heavy atom. The number of halogens is 1. The number of ether oxygens (including phenoxy) is 2. The lowest BCUT2D eigenvalue weighted by Gasteiger charge is -2.16. The molecule has 0 aliphatic rings. The van der Waals surface area contributed by atoms with E-state index in [0.717, 1.165) is 28.0 Å². The maximum Gasteiger partial charge on any atom is 0.154 e. The standard InChI is InChI=1S/C34H31FN6O2/c1-21-15-25(36)18-37-30(21)32-22(2)31-33(34(40-20-39-31)38-17-23-9-11-26(42-3)12-10-23)41(32)29-14-13-27(16-28(29)35)43-19-24-7-5-4-6-8-24/h4-16,18,20H,17,19,36H2,1-3H3,(H,38,39,40). The summed E-state index contributed by atoms with van der Waals surface area (Å²) in [5.74, 6) is 1.31. The van der Waals surface area contributed by atoms with Gasteiger partial charge in [0.1, 0.15) is 29.9 Å². The average Bonchev–Trinajstić information content (AvgIpc) is 3.32. The molecule has 0 saturated carbocycles. The van der Waals surface area contributed by atoms with Crippen molar-refractivity contribution < 1.29 is 13.9 Å². The first-order chi connectivity index (χ1) is 20.9. The summed E-state index contributed by atoms with van der Waals surface area (Å²) in [4.78, 5) is 13.9. The van der Waals surface area contributed by atoms with Gasteiger partial charge in [-0.25, -0.2) is 14.4 Å². The average molecular weight is 575 g/mol. The molecule has 3 N–H and O–H groups in total. The van der Waals surface area contributed by atoms with Gasteiger partial charge in [-0.05, 0) is 60.9 Å². The number of aryl methyl sites for hydroxylation is 2. The lowest BCUT2D eigenvalue weighted by atomic mass is 10.1. The Morgan fingerprint density at radius 1 is 0.884 bits per heavy atom. The second kappa shape index (κ2) is 11.8. The van der Waals surface area contributed by atoms with Gasteiger partial charge in [-0.3, -0.25) is 9.55 Å². The highest BCUT2D eigenvalue weighted by molar-refractivity contribution is 5.96. The SMILES string of the molecule is COc1ccc(CNc2ncnc3c(C)c(-c4ncc(N)cc4C)n(-c4ccc(OCc5ccccc5)cc4F)c23)cc1. The highest BCUT2D eigenvalue weighted by atomic mass is 19.1. The van der Waals surface area contributed by atoms with Crippen LogP contribution in [0, 0.1) is 19.7 Å². The van der Waals surface area contributed by atoms with Gasteiger partial charge in [0.15, 0.2) is 11.6 Å². The molecule has 0 aliphatic carbocycles. The molecule has 43 heavy (non-hydrogen) atoms. The van der Waals surface area contributed by atoms with Gasteiger partial charge in [0.05, 0.1) is 41.6 Å². The van der Waals surface area contributed by atoms with Crippen LogP contribution in [0.15, 0.2) is 91.4 Å². The van der Waals surface area contributed by atoms with Crippen LogP contribution in [0.25, 0.3) is 28.1 Å². The summed E-state index contributed by atoms with van der Waals surface area (Å²) < 4.78 is 29.1. The van der Waals surface area contributed by atoms with Gasteiger partial charge >= 0.3 is 0 Å². The third kappa shape index (κ3) is 5.57. The quantitative estimate of drug-likeness (QED) is 0.191. The molecule has 0 spiro atoms. The molecule has 3 heterocycles. The van der Waals surface area contributed by atoms with Crippen LogP contribution in [0.1, 0.15) is 22.3 Å². The van der Waals surface area contributed by atoms with Gasteiger partial charge in [0, 0.05) is 18.2 Å². The summed E-state index contributed by atoms with van der Waals surface area (Å²) in [5.41, 5.74) is 13.3. The maximum atomic E-state index is 16.1. The highest BCUT2D eigenvalue weighted by Gasteiger charge is 2.25. The number of nitrogens with zero attached hydrogens (tertiary/aromatic N) is 4. The number of pyridine rings is 1. The number of rotatable bonds is 9. The second-order valence-electron chi connectivity index (χ2n) is 10.3. The van der Waals surface area contributed by atoms with Gasteiger partial charge in [-0.1, -0.05) is 42.5 Å². The molecule has 0 aliphatic heterocycles. The zero-order valence-electron chi connectivity index (χ0n) is 24.1. The molecule has 9 heteroatoms.